The van der Waals surface area contributed by atoms with Crippen LogP contribution in [0.1, 0.15) is 5.56 Å². The van der Waals surface area contributed by atoms with Gasteiger partial charge in [0.2, 0.25) is 0 Å². The van der Waals surface area contributed by atoms with E-state index in [1.165, 1.54) is 13.2 Å². The third kappa shape index (κ3) is 2.67. The molecule has 1 saturated heterocycles. The number of barbiturate groups is 1. The van der Waals surface area contributed by atoms with Crippen LogP contribution in [0.25, 0.3) is 16.8 Å². The zero-order valence-electron chi connectivity index (χ0n) is 13.0. The number of fused-ring (bicyclic) bond motifs is 1. The number of hydrogen-bond acceptors (Lipinski definition) is 5. The molecule has 0 aliphatic carbocycles. The molecule has 0 radical (unpaired) electrons. The van der Waals surface area contributed by atoms with Gasteiger partial charge >= 0.3 is 6.03 Å². The topological polar surface area (TPSA) is 93.7 Å². The minimum atomic E-state index is -0.839. The number of benzene rings is 2. The molecular weight excluding hydrogens is 312 g/mol. The first kappa shape index (κ1) is 15.5. The van der Waals surface area contributed by atoms with E-state index >= 15 is 0 Å². The Kier molecular flexibility index (Phi) is 3.91. The minimum absolute atomic E-state index is 0.178. The van der Waals surface area contributed by atoms with Crippen molar-refractivity contribution in [2.24, 2.45) is 0 Å². The number of ether oxygens (including phenoxy) is 2. The van der Waals surface area contributed by atoms with Crippen LogP contribution in [0.2, 0.25) is 0 Å². The second-order valence-corrected chi connectivity index (χ2v) is 5.06. The van der Waals surface area contributed by atoms with Crippen molar-refractivity contribution in [1.29, 1.82) is 0 Å². The van der Waals surface area contributed by atoms with Gasteiger partial charge in [-0.3, -0.25) is 20.2 Å². The molecular formula is C17H14N2O5. The maximum atomic E-state index is 12.0. The Morgan fingerprint density at radius 3 is 2.21 bits per heavy atom. The quantitative estimate of drug-likeness (QED) is 0.660. The van der Waals surface area contributed by atoms with E-state index in [9.17, 15) is 14.4 Å². The van der Waals surface area contributed by atoms with Gasteiger partial charge in [0.1, 0.15) is 17.1 Å². The molecule has 7 heteroatoms. The van der Waals surface area contributed by atoms with Crippen LogP contribution < -0.4 is 20.1 Å². The van der Waals surface area contributed by atoms with Gasteiger partial charge in [-0.15, -0.1) is 0 Å². The van der Waals surface area contributed by atoms with Gasteiger partial charge in [-0.1, -0.05) is 12.1 Å². The Labute approximate surface area is 137 Å². The van der Waals surface area contributed by atoms with Crippen LogP contribution in [-0.4, -0.2) is 32.1 Å². The van der Waals surface area contributed by atoms with E-state index in [2.05, 4.69) is 0 Å². The molecule has 0 bridgehead atoms. The maximum absolute atomic E-state index is 12.0. The fraction of sp³-hybridized carbons (Fsp3) is 0.118. The summed E-state index contributed by atoms with van der Waals surface area (Å²) in [7, 11) is 3.04. The number of hydrogen-bond donors (Lipinski definition) is 2. The molecule has 0 aromatic heterocycles. The zero-order chi connectivity index (χ0) is 17.3. The summed E-state index contributed by atoms with van der Waals surface area (Å²) in [5, 5.41) is 5.72. The second-order valence-electron chi connectivity index (χ2n) is 5.06. The van der Waals surface area contributed by atoms with Crippen LogP contribution in [0.5, 0.6) is 11.5 Å². The zero-order valence-corrected chi connectivity index (χ0v) is 13.0. The van der Waals surface area contributed by atoms with Gasteiger partial charge in [-0.05, 0) is 35.0 Å². The molecule has 2 aromatic carbocycles. The minimum Gasteiger partial charge on any atom is -0.497 e. The van der Waals surface area contributed by atoms with E-state index < -0.39 is 17.8 Å². The van der Waals surface area contributed by atoms with E-state index in [0.717, 1.165) is 10.8 Å². The lowest BCUT2D eigenvalue weighted by atomic mass is 10.00. The first-order valence-electron chi connectivity index (χ1n) is 7.06. The molecule has 7 nitrogen and oxygen atoms in total. The highest BCUT2D eigenvalue weighted by atomic mass is 16.5. The summed E-state index contributed by atoms with van der Waals surface area (Å²) in [5.41, 5.74) is 0.367. The number of methoxy groups -OCH3 is 2. The van der Waals surface area contributed by atoms with Gasteiger partial charge < -0.3 is 9.47 Å². The summed E-state index contributed by atoms with van der Waals surface area (Å²) < 4.78 is 10.6. The number of carbonyl (C=O) groups is 3. The van der Waals surface area contributed by atoms with Crippen molar-refractivity contribution in [1.82, 2.24) is 10.6 Å². The summed E-state index contributed by atoms with van der Waals surface area (Å²) in [6.45, 7) is 0. The van der Waals surface area contributed by atoms with Crippen molar-refractivity contribution in [3.05, 3.63) is 41.5 Å². The Hall–Kier alpha value is -3.35. The molecule has 0 saturated carbocycles. The molecule has 1 heterocycles. The van der Waals surface area contributed by atoms with Gasteiger partial charge in [-0.25, -0.2) is 4.79 Å². The second kappa shape index (κ2) is 6.04. The molecule has 24 heavy (non-hydrogen) atoms. The maximum Gasteiger partial charge on any atom is 0.328 e. The molecule has 1 aliphatic heterocycles. The summed E-state index contributed by atoms with van der Waals surface area (Å²) in [4.78, 5) is 35.1. The van der Waals surface area contributed by atoms with Crippen LogP contribution >= 0.6 is 0 Å². The smallest absolute Gasteiger partial charge is 0.328 e. The normalized spacial score (nSPS) is 14.2. The Bertz CT molecular complexity index is 874. The molecule has 0 atom stereocenters. The molecule has 3 rings (SSSR count). The molecule has 2 N–H and O–H groups in total. The molecule has 1 aliphatic rings. The van der Waals surface area contributed by atoms with Crippen molar-refractivity contribution in [2.45, 2.75) is 0 Å². The number of amides is 4. The number of carbonyl (C=O) groups excluding carboxylic acids is 3. The van der Waals surface area contributed by atoms with E-state index in [4.69, 9.17) is 9.47 Å². The Morgan fingerprint density at radius 2 is 1.58 bits per heavy atom. The first-order chi connectivity index (χ1) is 11.5. The fourth-order valence-electron chi connectivity index (χ4n) is 2.51. The van der Waals surface area contributed by atoms with Crippen LogP contribution in [0.4, 0.5) is 4.79 Å². The van der Waals surface area contributed by atoms with Gasteiger partial charge in [0, 0.05) is 5.56 Å². The first-order valence-corrected chi connectivity index (χ1v) is 7.06. The number of imide groups is 2. The molecule has 2 aromatic rings. The lowest BCUT2D eigenvalue weighted by Gasteiger charge is -2.15. The number of rotatable bonds is 3. The highest BCUT2D eigenvalue weighted by Gasteiger charge is 2.28. The summed E-state index contributed by atoms with van der Waals surface area (Å²) in [6.07, 6.45) is 1.40. The largest absolute Gasteiger partial charge is 0.497 e. The standard InChI is InChI=1S/C17H14N2O5/c1-23-10-5-3-9-4-6-14(24-2)12(11(9)7-10)8-13-15(20)18-17(22)19-16(13)21/h3-8H,1-2H3,(H2,18,19,20,21,22). The predicted molar refractivity (Wildman–Crippen MR) is 86.7 cm³/mol. The van der Waals surface area contributed by atoms with Crippen molar-refractivity contribution < 1.29 is 23.9 Å². The summed E-state index contributed by atoms with van der Waals surface area (Å²) in [6, 6.07) is 8.22. The molecule has 1 fully saturated rings. The molecule has 0 unspecified atom stereocenters. The van der Waals surface area contributed by atoms with Crippen LogP contribution in [-0.2, 0) is 9.59 Å². The fourth-order valence-corrected chi connectivity index (χ4v) is 2.51. The summed E-state index contributed by atoms with van der Waals surface area (Å²) in [5.74, 6) is -0.403. The monoisotopic (exact) mass is 326 g/mol. The van der Waals surface area contributed by atoms with Gasteiger partial charge in [0.25, 0.3) is 11.8 Å². The van der Waals surface area contributed by atoms with Crippen LogP contribution in [0.3, 0.4) is 0 Å². The van der Waals surface area contributed by atoms with E-state index in [-0.39, 0.29) is 5.57 Å². The van der Waals surface area contributed by atoms with Gasteiger partial charge in [-0.2, -0.15) is 0 Å². The van der Waals surface area contributed by atoms with E-state index in [1.807, 2.05) is 28.8 Å². The molecule has 4 amide bonds. The van der Waals surface area contributed by atoms with Crippen molar-refractivity contribution in [3.8, 4) is 11.5 Å². The highest BCUT2D eigenvalue weighted by molar-refractivity contribution is 6.31. The van der Waals surface area contributed by atoms with Crippen molar-refractivity contribution in [2.75, 3.05) is 14.2 Å². The van der Waals surface area contributed by atoms with E-state index in [0.29, 0.717) is 17.1 Å². The third-order valence-electron chi connectivity index (χ3n) is 3.68. The van der Waals surface area contributed by atoms with Crippen LogP contribution in [0.15, 0.2) is 35.9 Å². The molecule has 122 valence electrons. The highest BCUT2D eigenvalue weighted by Crippen LogP contribution is 2.32. The lowest BCUT2D eigenvalue weighted by Crippen LogP contribution is -2.51. The van der Waals surface area contributed by atoms with Crippen molar-refractivity contribution in [3.63, 3.8) is 0 Å². The predicted octanol–water partition coefficient (Wildman–Crippen LogP) is 1.61. The lowest BCUT2D eigenvalue weighted by molar-refractivity contribution is -0.123. The SMILES string of the molecule is COc1ccc2ccc(OC)c(C=C3C(=O)NC(=O)NC3=O)c2c1. The Balaban J connectivity index is 2.23. The van der Waals surface area contributed by atoms with Crippen molar-refractivity contribution >= 4 is 34.7 Å². The molecule has 0 spiro atoms. The van der Waals surface area contributed by atoms with Gasteiger partial charge in [0.15, 0.2) is 0 Å². The third-order valence-corrected chi connectivity index (χ3v) is 3.68. The average molecular weight is 326 g/mol. The van der Waals surface area contributed by atoms with Crippen LogP contribution in [0, 0.1) is 0 Å². The Morgan fingerprint density at radius 1 is 0.917 bits per heavy atom. The number of nitrogens with one attached hydrogen (secondary N) is 2. The summed E-state index contributed by atoms with van der Waals surface area (Å²) >= 11 is 0. The van der Waals surface area contributed by atoms with E-state index in [1.54, 1.807) is 19.2 Å². The van der Waals surface area contributed by atoms with Gasteiger partial charge in [0.05, 0.1) is 14.2 Å². The number of urea groups is 1. The average Bonchev–Trinajstić information content (AvgIpc) is 2.57.